The lowest BCUT2D eigenvalue weighted by atomic mass is 10.2. The molecule has 8 heteroatoms. The molecule has 0 fully saturated rings. The summed E-state index contributed by atoms with van der Waals surface area (Å²) in [6, 6.07) is 9.01. The Hall–Kier alpha value is -2.87. The minimum Gasteiger partial charge on any atom is -0.494 e. The number of hydrogen-bond donors (Lipinski definition) is 1. The molecule has 154 valence electrons. The molecule has 3 rings (SSSR count). The van der Waals surface area contributed by atoms with Crippen LogP contribution in [0.25, 0.3) is 10.2 Å². The van der Waals surface area contributed by atoms with Crippen LogP contribution in [-0.4, -0.2) is 27.7 Å². The molecule has 2 heterocycles. The number of aromatic nitrogens is 2. The van der Waals surface area contributed by atoms with Crippen LogP contribution < -0.4 is 21.3 Å². The van der Waals surface area contributed by atoms with E-state index in [4.69, 9.17) is 4.74 Å². The summed E-state index contributed by atoms with van der Waals surface area (Å²) < 4.78 is 8.46. The lowest BCUT2D eigenvalue weighted by molar-refractivity contribution is -0.122. The average Bonchev–Trinajstić information content (AvgIpc) is 3.20. The van der Waals surface area contributed by atoms with Gasteiger partial charge in [-0.15, -0.1) is 11.3 Å². The second-order valence-corrected chi connectivity index (χ2v) is 7.76. The highest BCUT2D eigenvalue weighted by atomic mass is 32.1. The minimum atomic E-state index is -0.492. The number of amides is 1. The lowest BCUT2D eigenvalue weighted by Gasteiger charge is -2.15. The van der Waals surface area contributed by atoms with Crippen LogP contribution in [0.4, 0.5) is 0 Å². The smallest absolute Gasteiger partial charge is 0.332 e. The van der Waals surface area contributed by atoms with Crippen LogP contribution in [0.2, 0.25) is 0 Å². The predicted molar refractivity (Wildman–Crippen MR) is 115 cm³/mol. The van der Waals surface area contributed by atoms with E-state index in [-0.39, 0.29) is 30.6 Å². The largest absolute Gasteiger partial charge is 0.494 e. The van der Waals surface area contributed by atoms with Crippen molar-refractivity contribution in [3.63, 3.8) is 0 Å². The molecule has 2 aromatic heterocycles. The van der Waals surface area contributed by atoms with E-state index in [1.54, 1.807) is 11.4 Å². The number of rotatable bonds is 8. The highest BCUT2D eigenvalue weighted by Gasteiger charge is 2.17. The van der Waals surface area contributed by atoms with Gasteiger partial charge < -0.3 is 10.1 Å². The SMILES string of the molecule is CCOc1ccc(Cn2c(=O)c3sccc3n(CC(=O)NC(C)CC)c2=O)cc1. The van der Waals surface area contributed by atoms with Gasteiger partial charge in [-0.1, -0.05) is 19.1 Å². The van der Waals surface area contributed by atoms with Crippen molar-refractivity contribution in [1.82, 2.24) is 14.5 Å². The first kappa shape index (κ1) is 20.9. The third-order valence-corrected chi connectivity index (χ3v) is 5.62. The number of nitrogens with zero attached hydrogens (tertiary/aromatic N) is 2. The Morgan fingerprint density at radius 2 is 1.86 bits per heavy atom. The zero-order valence-electron chi connectivity index (χ0n) is 16.8. The van der Waals surface area contributed by atoms with E-state index in [0.717, 1.165) is 17.7 Å². The molecule has 29 heavy (non-hydrogen) atoms. The van der Waals surface area contributed by atoms with Crippen LogP contribution in [0.1, 0.15) is 32.8 Å². The first-order valence-electron chi connectivity index (χ1n) is 9.66. The Bertz CT molecular complexity index is 1110. The number of carbonyl (C=O) groups excluding carboxylic acids is 1. The first-order valence-corrected chi connectivity index (χ1v) is 10.5. The van der Waals surface area contributed by atoms with Crippen LogP contribution in [0.5, 0.6) is 5.75 Å². The molecule has 0 aliphatic heterocycles. The van der Waals surface area contributed by atoms with Gasteiger partial charge in [0.2, 0.25) is 5.91 Å². The Balaban J connectivity index is 1.98. The monoisotopic (exact) mass is 415 g/mol. The van der Waals surface area contributed by atoms with Crippen molar-refractivity contribution in [2.45, 2.75) is 46.3 Å². The van der Waals surface area contributed by atoms with Crippen molar-refractivity contribution in [3.05, 3.63) is 62.1 Å². The Morgan fingerprint density at radius 3 is 2.52 bits per heavy atom. The molecule has 0 bridgehead atoms. The third-order valence-electron chi connectivity index (χ3n) is 4.73. The molecule has 0 saturated carbocycles. The van der Waals surface area contributed by atoms with E-state index in [1.165, 1.54) is 20.5 Å². The van der Waals surface area contributed by atoms with Crippen molar-refractivity contribution in [2.24, 2.45) is 0 Å². The normalized spacial score (nSPS) is 12.1. The van der Waals surface area contributed by atoms with Crippen molar-refractivity contribution in [1.29, 1.82) is 0 Å². The van der Waals surface area contributed by atoms with Crippen LogP contribution in [-0.2, 0) is 17.9 Å². The average molecular weight is 416 g/mol. The van der Waals surface area contributed by atoms with Gasteiger partial charge in [-0.2, -0.15) is 0 Å². The fraction of sp³-hybridized carbons (Fsp3) is 0.381. The summed E-state index contributed by atoms with van der Waals surface area (Å²) in [5.74, 6) is 0.483. The molecule has 1 amide bonds. The Kier molecular flexibility index (Phi) is 6.53. The predicted octanol–water partition coefficient (Wildman–Crippen LogP) is 2.59. The van der Waals surface area contributed by atoms with Gasteiger partial charge in [0.25, 0.3) is 5.56 Å². The number of benzene rings is 1. The number of thiophene rings is 1. The van der Waals surface area contributed by atoms with Crippen molar-refractivity contribution in [3.8, 4) is 5.75 Å². The van der Waals surface area contributed by atoms with Gasteiger partial charge in [-0.05, 0) is 49.4 Å². The maximum atomic E-state index is 13.1. The summed E-state index contributed by atoms with van der Waals surface area (Å²) in [6.07, 6.45) is 0.797. The molecule has 0 aliphatic rings. The molecular formula is C21H25N3O4S. The standard InChI is InChI=1S/C21H25N3O4S/c1-4-14(3)22-18(25)13-23-17-10-11-29-19(17)20(26)24(21(23)27)12-15-6-8-16(9-7-15)28-5-2/h6-11,14H,4-5,12-13H2,1-3H3,(H,22,25). The molecule has 1 unspecified atom stereocenters. The molecule has 7 nitrogen and oxygen atoms in total. The van der Waals surface area contributed by atoms with E-state index >= 15 is 0 Å². The second kappa shape index (κ2) is 9.09. The van der Waals surface area contributed by atoms with E-state index in [1.807, 2.05) is 45.0 Å². The quantitative estimate of drug-likeness (QED) is 0.613. The highest BCUT2D eigenvalue weighted by molar-refractivity contribution is 7.17. The maximum absolute atomic E-state index is 13.1. The zero-order valence-corrected chi connectivity index (χ0v) is 17.6. The number of ether oxygens (including phenoxy) is 1. The van der Waals surface area contributed by atoms with Crippen LogP contribution in [0.3, 0.4) is 0 Å². The Morgan fingerprint density at radius 1 is 1.14 bits per heavy atom. The van der Waals surface area contributed by atoms with Crippen LogP contribution in [0.15, 0.2) is 45.3 Å². The molecule has 0 aliphatic carbocycles. The summed E-state index contributed by atoms with van der Waals surface area (Å²) in [7, 11) is 0. The molecule has 1 atom stereocenters. The van der Waals surface area contributed by atoms with Crippen LogP contribution >= 0.6 is 11.3 Å². The second-order valence-electron chi connectivity index (χ2n) is 6.85. The molecule has 0 saturated heterocycles. The van der Waals surface area contributed by atoms with Gasteiger partial charge >= 0.3 is 5.69 Å². The van der Waals surface area contributed by atoms with E-state index in [0.29, 0.717) is 16.8 Å². The zero-order chi connectivity index (χ0) is 21.0. The van der Waals surface area contributed by atoms with E-state index in [2.05, 4.69) is 5.32 Å². The van der Waals surface area contributed by atoms with Gasteiger partial charge in [0.1, 0.15) is 17.0 Å². The third kappa shape index (κ3) is 4.59. The summed E-state index contributed by atoms with van der Waals surface area (Å²) in [5, 5.41) is 4.63. The lowest BCUT2D eigenvalue weighted by Crippen LogP contribution is -2.43. The van der Waals surface area contributed by atoms with Gasteiger partial charge in [0.15, 0.2) is 0 Å². The summed E-state index contributed by atoms with van der Waals surface area (Å²) in [6.45, 7) is 6.37. The number of fused-ring (bicyclic) bond motifs is 1. The molecule has 0 spiro atoms. The van der Waals surface area contributed by atoms with Crippen molar-refractivity contribution >= 4 is 27.5 Å². The minimum absolute atomic E-state index is 0.0194. The van der Waals surface area contributed by atoms with Gasteiger partial charge in [0.05, 0.1) is 18.7 Å². The highest BCUT2D eigenvalue weighted by Crippen LogP contribution is 2.16. The summed E-state index contributed by atoms with van der Waals surface area (Å²) in [4.78, 5) is 38.4. The van der Waals surface area contributed by atoms with Gasteiger partial charge in [-0.3, -0.25) is 18.7 Å². The fourth-order valence-electron chi connectivity index (χ4n) is 3.03. The molecule has 3 aromatic rings. The molecule has 0 radical (unpaired) electrons. The number of nitrogens with one attached hydrogen (secondary N) is 1. The van der Waals surface area contributed by atoms with Crippen molar-refractivity contribution in [2.75, 3.05) is 6.61 Å². The van der Waals surface area contributed by atoms with Crippen molar-refractivity contribution < 1.29 is 9.53 Å². The number of hydrogen-bond acceptors (Lipinski definition) is 5. The summed E-state index contributed by atoms with van der Waals surface area (Å²) in [5.41, 5.74) is 0.466. The molecular weight excluding hydrogens is 390 g/mol. The van der Waals surface area contributed by atoms with Crippen LogP contribution in [0, 0.1) is 0 Å². The van der Waals surface area contributed by atoms with E-state index in [9.17, 15) is 14.4 Å². The maximum Gasteiger partial charge on any atom is 0.332 e. The fourth-order valence-corrected chi connectivity index (χ4v) is 3.87. The van der Waals surface area contributed by atoms with Gasteiger partial charge in [0, 0.05) is 6.04 Å². The van der Waals surface area contributed by atoms with Gasteiger partial charge in [-0.25, -0.2) is 4.79 Å². The first-order chi connectivity index (χ1) is 13.9. The Labute approximate surface area is 172 Å². The molecule has 1 N–H and O–H groups in total. The molecule has 1 aromatic carbocycles. The number of carbonyl (C=O) groups is 1. The topological polar surface area (TPSA) is 82.3 Å². The van der Waals surface area contributed by atoms with E-state index < -0.39 is 5.69 Å². The summed E-state index contributed by atoms with van der Waals surface area (Å²) >= 11 is 1.27.